The number of amides is 1. The molecular formula is C15H13Cl2NO3S. The highest BCUT2D eigenvalue weighted by atomic mass is 35.5. The molecule has 4 nitrogen and oxygen atoms in total. The van der Waals surface area contributed by atoms with Gasteiger partial charge in [0, 0.05) is 17.0 Å². The first kappa shape index (κ1) is 16.8. The molecule has 1 amide bonds. The Labute approximate surface area is 139 Å². The van der Waals surface area contributed by atoms with Gasteiger partial charge >= 0.3 is 0 Å². The zero-order valence-corrected chi connectivity index (χ0v) is 14.2. The standard InChI is InChI=1S/C15H13Cl2NO3S/c1-9-7-10(16)3-6-14(9)18-15(19)12-8-11(22(2,20)21)4-5-13(12)17/h3-8H,1-2H3,(H,18,19). The molecule has 0 fully saturated rings. The summed E-state index contributed by atoms with van der Waals surface area (Å²) in [6.07, 6.45) is 1.07. The fourth-order valence-electron chi connectivity index (χ4n) is 1.87. The maximum absolute atomic E-state index is 12.3. The Hall–Kier alpha value is -1.56. The van der Waals surface area contributed by atoms with Crippen molar-refractivity contribution in [1.82, 2.24) is 0 Å². The molecule has 22 heavy (non-hydrogen) atoms. The van der Waals surface area contributed by atoms with Crippen LogP contribution in [0.3, 0.4) is 0 Å². The first-order valence-corrected chi connectivity index (χ1v) is 8.90. The quantitative estimate of drug-likeness (QED) is 0.903. The molecule has 116 valence electrons. The van der Waals surface area contributed by atoms with Gasteiger partial charge in [-0.05, 0) is 48.9 Å². The molecule has 0 unspecified atom stereocenters. The van der Waals surface area contributed by atoms with Crippen molar-refractivity contribution in [3.8, 4) is 0 Å². The highest BCUT2D eigenvalue weighted by Crippen LogP contribution is 2.24. The molecule has 0 aliphatic heterocycles. The summed E-state index contributed by atoms with van der Waals surface area (Å²) in [7, 11) is -3.42. The fourth-order valence-corrected chi connectivity index (χ4v) is 2.94. The highest BCUT2D eigenvalue weighted by molar-refractivity contribution is 7.90. The summed E-state index contributed by atoms with van der Waals surface area (Å²) in [5, 5.41) is 3.44. The van der Waals surface area contributed by atoms with Gasteiger partial charge in [0.2, 0.25) is 0 Å². The Morgan fingerprint density at radius 2 is 1.77 bits per heavy atom. The van der Waals surface area contributed by atoms with E-state index in [0.29, 0.717) is 10.7 Å². The minimum absolute atomic E-state index is 0.0369. The van der Waals surface area contributed by atoms with E-state index in [4.69, 9.17) is 23.2 Å². The second-order valence-electron chi connectivity index (χ2n) is 4.83. The number of nitrogens with one attached hydrogen (secondary N) is 1. The highest BCUT2D eigenvalue weighted by Gasteiger charge is 2.16. The second kappa shape index (κ2) is 6.28. The number of carbonyl (C=O) groups excluding carboxylic acids is 1. The maximum Gasteiger partial charge on any atom is 0.257 e. The number of aryl methyl sites for hydroxylation is 1. The average molecular weight is 358 g/mol. The second-order valence-corrected chi connectivity index (χ2v) is 7.69. The first-order chi connectivity index (χ1) is 10.2. The molecule has 0 aliphatic carbocycles. The van der Waals surface area contributed by atoms with Gasteiger partial charge in [-0.2, -0.15) is 0 Å². The molecule has 0 spiro atoms. The number of anilines is 1. The Bertz CT molecular complexity index is 848. The Morgan fingerprint density at radius 3 is 2.36 bits per heavy atom. The molecule has 0 aliphatic rings. The first-order valence-electron chi connectivity index (χ1n) is 6.25. The molecule has 0 saturated carbocycles. The number of carbonyl (C=O) groups is 1. The largest absolute Gasteiger partial charge is 0.322 e. The zero-order valence-electron chi connectivity index (χ0n) is 11.9. The van der Waals surface area contributed by atoms with Gasteiger partial charge in [-0.3, -0.25) is 4.79 Å². The fraction of sp³-hybridized carbons (Fsp3) is 0.133. The number of hydrogen-bond acceptors (Lipinski definition) is 3. The number of rotatable bonds is 3. The minimum atomic E-state index is -3.42. The number of sulfone groups is 1. The molecule has 0 radical (unpaired) electrons. The van der Waals surface area contributed by atoms with Gasteiger partial charge < -0.3 is 5.32 Å². The van der Waals surface area contributed by atoms with Crippen molar-refractivity contribution in [2.75, 3.05) is 11.6 Å². The topological polar surface area (TPSA) is 63.2 Å². The van der Waals surface area contributed by atoms with Crippen LogP contribution in [-0.4, -0.2) is 20.6 Å². The molecule has 0 bridgehead atoms. The molecule has 0 saturated heterocycles. The predicted octanol–water partition coefficient (Wildman–Crippen LogP) is 3.96. The molecule has 0 atom stereocenters. The van der Waals surface area contributed by atoms with Crippen molar-refractivity contribution in [1.29, 1.82) is 0 Å². The Balaban J connectivity index is 2.37. The third kappa shape index (κ3) is 3.80. The SMILES string of the molecule is Cc1cc(Cl)ccc1NC(=O)c1cc(S(C)(=O)=O)ccc1Cl. The van der Waals surface area contributed by atoms with Gasteiger partial charge in [0.1, 0.15) is 0 Å². The third-order valence-corrected chi connectivity index (χ3v) is 4.72. The molecule has 0 aromatic heterocycles. The van der Waals surface area contributed by atoms with Crippen molar-refractivity contribution in [3.63, 3.8) is 0 Å². The number of hydrogen-bond donors (Lipinski definition) is 1. The van der Waals surface area contributed by atoms with Gasteiger partial charge in [0.25, 0.3) is 5.91 Å². The Morgan fingerprint density at radius 1 is 1.09 bits per heavy atom. The van der Waals surface area contributed by atoms with Crippen molar-refractivity contribution in [2.45, 2.75) is 11.8 Å². The van der Waals surface area contributed by atoms with E-state index in [0.717, 1.165) is 11.8 Å². The van der Waals surface area contributed by atoms with Crippen LogP contribution in [0.5, 0.6) is 0 Å². The summed E-state index contributed by atoms with van der Waals surface area (Å²) in [4.78, 5) is 12.4. The van der Waals surface area contributed by atoms with Gasteiger partial charge in [0.05, 0.1) is 15.5 Å². The lowest BCUT2D eigenvalue weighted by molar-refractivity contribution is 0.102. The van der Waals surface area contributed by atoms with Crippen molar-refractivity contribution in [3.05, 3.63) is 57.6 Å². The number of benzene rings is 2. The predicted molar refractivity (Wildman–Crippen MR) is 88.7 cm³/mol. The number of halogens is 2. The van der Waals surface area contributed by atoms with Gasteiger partial charge in [0.15, 0.2) is 9.84 Å². The van der Waals surface area contributed by atoms with Gasteiger partial charge in [-0.25, -0.2) is 8.42 Å². The van der Waals surface area contributed by atoms with Crippen LogP contribution in [0.25, 0.3) is 0 Å². The molecule has 1 N–H and O–H groups in total. The minimum Gasteiger partial charge on any atom is -0.322 e. The van der Waals surface area contributed by atoms with Crippen LogP contribution in [0.15, 0.2) is 41.3 Å². The van der Waals surface area contributed by atoms with E-state index in [1.165, 1.54) is 18.2 Å². The van der Waals surface area contributed by atoms with Gasteiger partial charge in [-0.1, -0.05) is 23.2 Å². The van der Waals surface area contributed by atoms with Crippen LogP contribution in [0.2, 0.25) is 10.0 Å². The zero-order chi connectivity index (χ0) is 16.5. The van der Waals surface area contributed by atoms with E-state index in [9.17, 15) is 13.2 Å². The maximum atomic E-state index is 12.3. The van der Waals surface area contributed by atoms with E-state index in [1.807, 2.05) is 0 Å². The smallest absolute Gasteiger partial charge is 0.257 e. The molecule has 2 aromatic carbocycles. The van der Waals surface area contributed by atoms with E-state index >= 15 is 0 Å². The van der Waals surface area contributed by atoms with Crippen molar-refractivity contribution >= 4 is 44.6 Å². The van der Waals surface area contributed by atoms with E-state index in [1.54, 1.807) is 25.1 Å². The lowest BCUT2D eigenvalue weighted by Gasteiger charge is -2.10. The van der Waals surface area contributed by atoms with Crippen LogP contribution < -0.4 is 5.32 Å². The summed E-state index contributed by atoms with van der Waals surface area (Å²) in [6.45, 7) is 1.80. The van der Waals surface area contributed by atoms with Crippen molar-refractivity contribution < 1.29 is 13.2 Å². The summed E-state index contributed by atoms with van der Waals surface area (Å²) >= 11 is 11.9. The molecule has 2 rings (SSSR count). The molecule has 0 heterocycles. The summed E-state index contributed by atoms with van der Waals surface area (Å²) in [6, 6.07) is 9.05. The van der Waals surface area contributed by atoms with Crippen LogP contribution in [-0.2, 0) is 9.84 Å². The normalized spacial score (nSPS) is 11.3. The van der Waals surface area contributed by atoms with Crippen LogP contribution >= 0.6 is 23.2 Å². The molecule has 7 heteroatoms. The lowest BCUT2D eigenvalue weighted by atomic mass is 10.1. The summed E-state index contributed by atoms with van der Waals surface area (Å²) < 4.78 is 23.2. The van der Waals surface area contributed by atoms with Crippen LogP contribution in [0.1, 0.15) is 15.9 Å². The monoisotopic (exact) mass is 357 g/mol. The summed E-state index contributed by atoms with van der Waals surface area (Å²) in [5.41, 5.74) is 1.46. The Kier molecular flexibility index (Phi) is 4.80. The molecular weight excluding hydrogens is 345 g/mol. The van der Waals surface area contributed by atoms with Crippen LogP contribution in [0.4, 0.5) is 5.69 Å². The van der Waals surface area contributed by atoms with E-state index in [2.05, 4.69) is 5.32 Å². The summed E-state index contributed by atoms with van der Waals surface area (Å²) in [5.74, 6) is -0.485. The third-order valence-electron chi connectivity index (χ3n) is 3.05. The molecule has 2 aromatic rings. The average Bonchev–Trinajstić information content (AvgIpc) is 2.41. The van der Waals surface area contributed by atoms with E-state index < -0.39 is 15.7 Å². The van der Waals surface area contributed by atoms with Crippen molar-refractivity contribution in [2.24, 2.45) is 0 Å². The van der Waals surface area contributed by atoms with E-state index in [-0.39, 0.29) is 15.5 Å². The lowest BCUT2D eigenvalue weighted by Crippen LogP contribution is -2.14. The van der Waals surface area contributed by atoms with Crippen LogP contribution in [0, 0.1) is 6.92 Å². The van der Waals surface area contributed by atoms with Gasteiger partial charge in [-0.15, -0.1) is 0 Å².